The Kier molecular flexibility index (Phi) is 7.45. The number of amides is 3. The van der Waals surface area contributed by atoms with Crippen molar-refractivity contribution in [2.24, 2.45) is 0 Å². The van der Waals surface area contributed by atoms with Crippen molar-refractivity contribution in [3.8, 4) is 0 Å². The quantitative estimate of drug-likeness (QED) is 0.616. The smallest absolute Gasteiger partial charge is 0.274 e. The van der Waals surface area contributed by atoms with Crippen LogP contribution in [0.1, 0.15) is 34.2 Å². The highest BCUT2D eigenvalue weighted by Crippen LogP contribution is 2.16. The molecule has 142 valence electrons. The Morgan fingerprint density at radius 2 is 1.78 bits per heavy atom. The van der Waals surface area contributed by atoms with E-state index >= 15 is 0 Å². The zero-order chi connectivity index (χ0) is 19.6. The summed E-state index contributed by atoms with van der Waals surface area (Å²) >= 11 is 0. The Morgan fingerprint density at radius 1 is 1.04 bits per heavy atom. The molecule has 3 N–H and O–H groups in total. The Hall–Kier alpha value is -3.26. The molecule has 2 rings (SSSR count). The summed E-state index contributed by atoms with van der Waals surface area (Å²) in [6.07, 6.45) is 2.11. The fourth-order valence-corrected chi connectivity index (χ4v) is 2.29. The minimum absolute atomic E-state index is 0.115. The van der Waals surface area contributed by atoms with Crippen LogP contribution in [0.4, 0.5) is 11.4 Å². The topological polar surface area (TPSA) is 109 Å². The maximum Gasteiger partial charge on any atom is 0.274 e. The summed E-state index contributed by atoms with van der Waals surface area (Å²) < 4.78 is 4.93. The first-order valence-electron chi connectivity index (χ1n) is 8.42. The highest BCUT2D eigenvalue weighted by molar-refractivity contribution is 6.05. The first-order chi connectivity index (χ1) is 13.0. The lowest BCUT2D eigenvalue weighted by molar-refractivity contribution is -0.114. The van der Waals surface area contributed by atoms with Gasteiger partial charge in [-0.1, -0.05) is 6.07 Å². The van der Waals surface area contributed by atoms with E-state index in [2.05, 4.69) is 20.9 Å². The Bertz CT molecular complexity index is 823. The number of nitrogens with one attached hydrogen (secondary N) is 3. The largest absolute Gasteiger partial charge is 0.385 e. The molecule has 8 heteroatoms. The summed E-state index contributed by atoms with van der Waals surface area (Å²) in [6.45, 7) is 2.44. The second-order valence-corrected chi connectivity index (χ2v) is 5.75. The lowest BCUT2D eigenvalue weighted by atomic mass is 10.2. The minimum atomic E-state index is -0.455. The summed E-state index contributed by atoms with van der Waals surface area (Å²) in [7, 11) is 1.60. The molecule has 1 aromatic heterocycles. The second-order valence-electron chi connectivity index (χ2n) is 5.75. The van der Waals surface area contributed by atoms with Crippen molar-refractivity contribution in [3.05, 3.63) is 53.9 Å². The molecule has 0 bridgehead atoms. The number of benzene rings is 1. The molecule has 0 saturated heterocycles. The van der Waals surface area contributed by atoms with E-state index in [1.807, 2.05) is 0 Å². The highest BCUT2D eigenvalue weighted by atomic mass is 16.5. The van der Waals surface area contributed by atoms with Gasteiger partial charge in [-0.2, -0.15) is 0 Å². The van der Waals surface area contributed by atoms with Gasteiger partial charge in [0.15, 0.2) is 0 Å². The van der Waals surface area contributed by atoms with Crippen LogP contribution in [0.2, 0.25) is 0 Å². The van der Waals surface area contributed by atoms with E-state index in [0.29, 0.717) is 36.5 Å². The normalized spacial score (nSPS) is 10.1. The zero-order valence-electron chi connectivity index (χ0n) is 15.2. The number of nitrogens with zero attached hydrogens (tertiary/aromatic N) is 1. The average molecular weight is 370 g/mol. The molecule has 0 fully saturated rings. The summed E-state index contributed by atoms with van der Waals surface area (Å²) in [5, 5.41) is 8.10. The third-order valence-electron chi connectivity index (χ3n) is 3.51. The maximum absolute atomic E-state index is 12.4. The predicted molar refractivity (Wildman–Crippen MR) is 102 cm³/mol. The molecule has 0 radical (unpaired) electrons. The lowest BCUT2D eigenvalue weighted by Gasteiger charge is -2.09. The number of anilines is 2. The molecule has 27 heavy (non-hydrogen) atoms. The van der Waals surface area contributed by atoms with E-state index < -0.39 is 5.91 Å². The summed E-state index contributed by atoms with van der Waals surface area (Å²) in [5.74, 6) is -0.941. The van der Waals surface area contributed by atoms with E-state index in [-0.39, 0.29) is 17.5 Å². The standard InChI is InChI=1S/C19H22N4O4/c1-13(24)22-15-5-3-6-16(12-15)23-19(26)17-11-14(7-9-20-17)18(25)21-8-4-10-27-2/h3,5-7,9,11-12H,4,8,10H2,1-2H3,(H,21,25)(H,22,24)(H,23,26). The number of rotatable bonds is 8. The number of hydrogen-bond donors (Lipinski definition) is 3. The molecule has 0 aliphatic carbocycles. The van der Waals surface area contributed by atoms with Crippen molar-refractivity contribution in [1.29, 1.82) is 0 Å². The van der Waals surface area contributed by atoms with Crippen molar-refractivity contribution in [1.82, 2.24) is 10.3 Å². The minimum Gasteiger partial charge on any atom is -0.385 e. The van der Waals surface area contributed by atoms with Crippen molar-refractivity contribution in [2.45, 2.75) is 13.3 Å². The number of carbonyl (C=O) groups excluding carboxylic acids is 3. The first kappa shape index (κ1) is 20.1. The van der Waals surface area contributed by atoms with Crippen LogP contribution < -0.4 is 16.0 Å². The van der Waals surface area contributed by atoms with Crippen LogP contribution in [0.3, 0.4) is 0 Å². The fourth-order valence-electron chi connectivity index (χ4n) is 2.29. The molecule has 3 amide bonds. The molecule has 1 aromatic carbocycles. The molecule has 0 aliphatic heterocycles. The van der Waals surface area contributed by atoms with Gasteiger partial charge >= 0.3 is 0 Å². The number of methoxy groups -OCH3 is 1. The van der Waals surface area contributed by atoms with Crippen LogP contribution in [0, 0.1) is 0 Å². The van der Waals surface area contributed by atoms with Crippen molar-refractivity contribution in [3.63, 3.8) is 0 Å². The molecular weight excluding hydrogens is 348 g/mol. The van der Waals surface area contributed by atoms with Gasteiger partial charge in [-0.05, 0) is 36.8 Å². The van der Waals surface area contributed by atoms with Crippen LogP contribution in [-0.2, 0) is 9.53 Å². The van der Waals surface area contributed by atoms with Crippen LogP contribution in [0.25, 0.3) is 0 Å². The molecule has 0 aliphatic rings. The monoisotopic (exact) mass is 370 g/mol. The molecule has 0 spiro atoms. The SMILES string of the molecule is COCCCNC(=O)c1ccnc(C(=O)Nc2cccc(NC(C)=O)c2)c1. The summed E-state index contributed by atoms with van der Waals surface area (Å²) in [6, 6.07) is 9.71. The number of carbonyl (C=O) groups is 3. The molecule has 8 nitrogen and oxygen atoms in total. The van der Waals surface area contributed by atoms with Gasteiger partial charge in [-0.15, -0.1) is 0 Å². The Morgan fingerprint density at radius 3 is 2.48 bits per heavy atom. The first-order valence-corrected chi connectivity index (χ1v) is 8.42. The predicted octanol–water partition coefficient (Wildman–Crippen LogP) is 2.06. The van der Waals surface area contributed by atoms with Gasteiger partial charge in [0.2, 0.25) is 5.91 Å². The van der Waals surface area contributed by atoms with Gasteiger partial charge in [-0.3, -0.25) is 19.4 Å². The highest BCUT2D eigenvalue weighted by Gasteiger charge is 2.12. The van der Waals surface area contributed by atoms with Gasteiger partial charge in [0.05, 0.1) is 0 Å². The van der Waals surface area contributed by atoms with E-state index in [9.17, 15) is 14.4 Å². The summed E-state index contributed by atoms with van der Waals surface area (Å²) in [5.41, 5.74) is 1.53. The van der Waals surface area contributed by atoms with E-state index in [1.54, 1.807) is 37.4 Å². The number of hydrogen-bond acceptors (Lipinski definition) is 5. The van der Waals surface area contributed by atoms with E-state index in [4.69, 9.17) is 4.74 Å². The molecule has 2 aromatic rings. The van der Waals surface area contributed by atoms with Gasteiger partial charge in [0, 0.05) is 50.3 Å². The van der Waals surface area contributed by atoms with Crippen LogP contribution in [0.5, 0.6) is 0 Å². The second kappa shape index (κ2) is 10.0. The van der Waals surface area contributed by atoms with E-state index in [0.717, 1.165) is 0 Å². The number of ether oxygens (including phenoxy) is 1. The summed E-state index contributed by atoms with van der Waals surface area (Å²) in [4.78, 5) is 39.7. The fraction of sp³-hybridized carbons (Fsp3) is 0.263. The van der Waals surface area contributed by atoms with Gasteiger partial charge in [0.1, 0.15) is 5.69 Å². The third-order valence-corrected chi connectivity index (χ3v) is 3.51. The van der Waals surface area contributed by atoms with Crippen molar-refractivity contribution in [2.75, 3.05) is 30.9 Å². The Balaban J connectivity index is 2.02. The van der Waals surface area contributed by atoms with Gasteiger partial charge in [-0.25, -0.2) is 0 Å². The van der Waals surface area contributed by atoms with E-state index in [1.165, 1.54) is 19.2 Å². The van der Waals surface area contributed by atoms with Crippen LogP contribution >= 0.6 is 0 Å². The lowest BCUT2D eigenvalue weighted by Crippen LogP contribution is -2.25. The van der Waals surface area contributed by atoms with Crippen LogP contribution in [-0.4, -0.2) is 43.0 Å². The van der Waals surface area contributed by atoms with Crippen molar-refractivity contribution < 1.29 is 19.1 Å². The van der Waals surface area contributed by atoms with Gasteiger partial charge in [0.25, 0.3) is 11.8 Å². The molecule has 0 saturated carbocycles. The Labute approximate surface area is 157 Å². The van der Waals surface area contributed by atoms with Crippen LogP contribution in [0.15, 0.2) is 42.6 Å². The average Bonchev–Trinajstić information content (AvgIpc) is 2.65. The molecular formula is C19H22N4O4. The number of aromatic nitrogens is 1. The number of pyridine rings is 1. The zero-order valence-corrected chi connectivity index (χ0v) is 15.2. The third kappa shape index (κ3) is 6.52. The molecule has 0 atom stereocenters. The maximum atomic E-state index is 12.4. The molecule has 1 heterocycles. The van der Waals surface area contributed by atoms with Gasteiger partial charge < -0.3 is 20.7 Å². The van der Waals surface area contributed by atoms with Crippen molar-refractivity contribution >= 4 is 29.1 Å². The molecule has 0 unspecified atom stereocenters.